The van der Waals surface area contributed by atoms with Crippen LogP contribution < -0.4 is 11.2 Å². The van der Waals surface area contributed by atoms with Crippen LogP contribution >= 0.6 is 0 Å². The number of H-pyrrole nitrogens is 1. The molecule has 26 heavy (non-hydrogen) atoms. The average molecular weight is 386 g/mol. The molecule has 0 saturated carbocycles. The third-order valence-corrected chi connectivity index (χ3v) is 4.35. The predicted octanol–water partition coefficient (Wildman–Crippen LogP) is -0.956. The van der Waals surface area contributed by atoms with Crippen molar-refractivity contribution in [3.05, 3.63) is 32.6 Å². The molecule has 1 N–H and O–H groups in total. The molecule has 0 radical (unpaired) electrons. The molecular formula is C15H18N2O8S. The van der Waals surface area contributed by atoms with Crippen LogP contribution in [0.4, 0.5) is 0 Å². The van der Waals surface area contributed by atoms with E-state index in [2.05, 4.69) is 10.9 Å². The molecular weight excluding hydrogens is 368 g/mol. The molecule has 1 aromatic rings. The van der Waals surface area contributed by atoms with Gasteiger partial charge in [0.15, 0.2) is 5.60 Å². The second kappa shape index (κ2) is 7.06. The monoisotopic (exact) mass is 386 g/mol. The molecule has 142 valence electrons. The molecule has 1 aliphatic heterocycles. The van der Waals surface area contributed by atoms with E-state index < -0.39 is 51.9 Å². The third-order valence-electron chi connectivity index (χ3n) is 3.76. The number of carbonyl (C=O) groups is 1. The van der Waals surface area contributed by atoms with Gasteiger partial charge in [0.2, 0.25) is 0 Å². The van der Waals surface area contributed by atoms with Gasteiger partial charge in [-0.3, -0.25) is 23.3 Å². The Balaban J connectivity index is 2.46. The van der Waals surface area contributed by atoms with Crippen molar-refractivity contribution in [3.63, 3.8) is 0 Å². The van der Waals surface area contributed by atoms with Gasteiger partial charge in [0.25, 0.3) is 15.7 Å². The molecule has 1 aromatic heterocycles. The number of hydrogen-bond acceptors (Lipinski definition) is 8. The number of nitrogens with zero attached hydrogens (tertiary/aromatic N) is 1. The van der Waals surface area contributed by atoms with Crippen molar-refractivity contribution in [2.75, 3.05) is 12.9 Å². The number of hydrogen-bond donors (Lipinski definition) is 1. The van der Waals surface area contributed by atoms with Gasteiger partial charge in [-0.1, -0.05) is 5.92 Å². The smallest absolute Gasteiger partial charge is 0.330 e. The highest BCUT2D eigenvalue weighted by molar-refractivity contribution is 7.86. The summed E-state index contributed by atoms with van der Waals surface area (Å²) in [5, 5.41) is 0. The first-order valence-corrected chi connectivity index (χ1v) is 9.28. The number of rotatable bonds is 5. The SMILES string of the molecule is C#C[C@]1(COC(C)=O)OC(n2cc(C)c(=O)[nH]c2=O)C[C@H]1OS(C)(=O)=O. The maximum atomic E-state index is 12.1. The lowest BCUT2D eigenvalue weighted by molar-refractivity contribution is -0.153. The number of carbonyl (C=O) groups excluding carboxylic acids is 1. The molecule has 1 fully saturated rings. The predicted molar refractivity (Wildman–Crippen MR) is 88.7 cm³/mol. The molecule has 1 aliphatic rings. The van der Waals surface area contributed by atoms with Gasteiger partial charge in [-0.25, -0.2) is 4.79 Å². The van der Waals surface area contributed by atoms with E-state index in [9.17, 15) is 22.8 Å². The highest BCUT2D eigenvalue weighted by Crippen LogP contribution is 2.38. The number of aryl methyl sites for hydroxylation is 1. The first kappa shape index (κ1) is 19.9. The Bertz CT molecular complexity index is 971. The van der Waals surface area contributed by atoms with Gasteiger partial charge in [-0.05, 0) is 6.92 Å². The van der Waals surface area contributed by atoms with Crippen molar-refractivity contribution in [2.45, 2.75) is 38.2 Å². The summed E-state index contributed by atoms with van der Waals surface area (Å²) in [6.07, 6.45) is 5.26. The van der Waals surface area contributed by atoms with Gasteiger partial charge in [0.05, 0.1) is 6.26 Å². The summed E-state index contributed by atoms with van der Waals surface area (Å²) in [6, 6.07) is 0. The van der Waals surface area contributed by atoms with Crippen LogP contribution in [-0.4, -0.2) is 48.5 Å². The van der Waals surface area contributed by atoms with E-state index in [0.717, 1.165) is 17.7 Å². The van der Waals surface area contributed by atoms with Crippen molar-refractivity contribution in [3.8, 4) is 12.3 Å². The number of nitrogens with one attached hydrogen (secondary N) is 1. The summed E-state index contributed by atoms with van der Waals surface area (Å²) in [6.45, 7) is 2.17. The Labute approximate surface area is 149 Å². The third kappa shape index (κ3) is 4.21. The van der Waals surface area contributed by atoms with Gasteiger partial charge in [0, 0.05) is 25.1 Å². The lowest BCUT2D eigenvalue weighted by Crippen LogP contribution is -2.45. The first-order valence-electron chi connectivity index (χ1n) is 7.47. The summed E-state index contributed by atoms with van der Waals surface area (Å²) in [7, 11) is -3.92. The molecule has 11 heteroatoms. The fourth-order valence-electron chi connectivity index (χ4n) is 2.54. The van der Waals surface area contributed by atoms with E-state index in [4.69, 9.17) is 20.1 Å². The summed E-state index contributed by atoms with van der Waals surface area (Å²) in [4.78, 5) is 36.8. The molecule has 0 aromatic carbocycles. The number of terminal acetylenes is 1. The van der Waals surface area contributed by atoms with E-state index in [-0.39, 0.29) is 12.0 Å². The minimum absolute atomic E-state index is 0.121. The van der Waals surface area contributed by atoms with Crippen LogP contribution in [0.3, 0.4) is 0 Å². The minimum Gasteiger partial charge on any atom is -0.462 e. The minimum atomic E-state index is -3.92. The lowest BCUT2D eigenvalue weighted by Gasteiger charge is -2.27. The lowest BCUT2D eigenvalue weighted by atomic mass is 9.99. The maximum absolute atomic E-state index is 12.1. The standard InChI is InChI=1S/C15H18N2O8S/c1-5-15(8-23-10(3)18)11(25-26(4,21)22)6-12(24-15)17-7-9(2)13(19)16-14(17)20/h1,7,11-12H,6,8H2,2-4H3,(H,16,19,20)/t11-,12?,15-/m1/s1. The molecule has 0 aliphatic carbocycles. The van der Waals surface area contributed by atoms with Gasteiger partial charge >= 0.3 is 11.7 Å². The highest BCUT2D eigenvalue weighted by atomic mass is 32.2. The van der Waals surface area contributed by atoms with Gasteiger partial charge in [-0.15, -0.1) is 6.42 Å². The largest absolute Gasteiger partial charge is 0.462 e. The maximum Gasteiger partial charge on any atom is 0.330 e. The van der Waals surface area contributed by atoms with Crippen LogP contribution in [0.25, 0.3) is 0 Å². The summed E-state index contributed by atoms with van der Waals surface area (Å²) < 4.78 is 39.8. The fourth-order valence-corrected chi connectivity index (χ4v) is 3.20. The zero-order valence-corrected chi connectivity index (χ0v) is 15.2. The first-order chi connectivity index (χ1) is 12.0. The number of aromatic nitrogens is 2. The van der Waals surface area contributed by atoms with Crippen molar-refractivity contribution < 1.29 is 26.9 Å². The van der Waals surface area contributed by atoms with Crippen LogP contribution in [-0.2, 0) is 28.6 Å². The molecule has 1 unspecified atom stereocenters. The van der Waals surface area contributed by atoms with Crippen molar-refractivity contribution >= 4 is 16.1 Å². The summed E-state index contributed by atoms with van der Waals surface area (Å²) in [5.74, 6) is 1.62. The molecule has 0 amide bonds. The molecule has 0 spiro atoms. The van der Waals surface area contributed by atoms with Gasteiger partial charge < -0.3 is 9.47 Å². The van der Waals surface area contributed by atoms with Crippen LogP contribution in [0.1, 0.15) is 25.1 Å². The molecule has 10 nitrogen and oxygen atoms in total. The summed E-state index contributed by atoms with van der Waals surface area (Å²) >= 11 is 0. The average Bonchev–Trinajstić information content (AvgIpc) is 2.86. The van der Waals surface area contributed by atoms with E-state index in [1.54, 1.807) is 0 Å². The number of aromatic amines is 1. The Morgan fingerprint density at radius 2 is 2.19 bits per heavy atom. The second-order valence-electron chi connectivity index (χ2n) is 5.89. The van der Waals surface area contributed by atoms with E-state index in [1.165, 1.54) is 13.1 Å². The number of esters is 1. The van der Waals surface area contributed by atoms with Crippen molar-refractivity contribution in [1.29, 1.82) is 0 Å². The van der Waals surface area contributed by atoms with Gasteiger partial charge in [-0.2, -0.15) is 8.42 Å². The zero-order chi connectivity index (χ0) is 19.7. The van der Waals surface area contributed by atoms with E-state index >= 15 is 0 Å². The highest BCUT2D eigenvalue weighted by Gasteiger charge is 2.52. The Morgan fingerprint density at radius 1 is 1.54 bits per heavy atom. The Kier molecular flexibility index (Phi) is 5.41. The Morgan fingerprint density at radius 3 is 2.73 bits per heavy atom. The molecule has 1 saturated heterocycles. The second-order valence-corrected chi connectivity index (χ2v) is 7.49. The van der Waals surface area contributed by atoms with Crippen LogP contribution in [0.15, 0.2) is 15.8 Å². The molecule has 2 heterocycles. The van der Waals surface area contributed by atoms with Crippen molar-refractivity contribution in [2.24, 2.45) is 0 Å². The zero-order valence-electron chi connectivity index (χ0n) is 14.3. The molecule has 0 bridgehead atoms. The van der Waals surface area contributed by atoms with Crippen molar-refractivity contribution in [1.82, 2.24) is 9.55 Å². The topological polar surface area (TPSA) is 134 Å². The normalized spacial score (nSPS) is 25.6. The van der Waals surface area contributed by atoms with Crippen LogP contribution in [0, 0.1) is 19.3 Å². The van der Waals surface area contributed by atoms with Crippen LogP contribution in [0.5, 0.6) is 0 Å². The van der Waals surface area contributed by atoms with E-state index in [1.807, 2.05) is 0 Å². The van der Waals surface area contributed by atoms with Gasteiger partial charge in [0.1, 0.15) is 18.9 Å². The molecule has 2 rings (SSSR count). The Hall–Kier alpha value is -2.42. The van der Waals surface area contributed by atoms with E-state index in [0.29, 0.717) is 0 Å². The molecule has 3 atom stereocenters. The number of ether oxygens (including phenoxy) is 2. The fraction of sp³-hybridized carbons (Fsp3) is 0.533. The summed E-state index contributed by atoms with van der Waals surface area (Å²) in [5.41, 5.74) is -2.80. The quantitative estimate of drug-likeness (QED) is 0.389. The van der Waals surface area contributed by atoms with Crippen LogP contribution in [0.2, 0.25) is 0 Å².